The molecular weight excluding hydrogens is 296 g/mol. The van der Waals surface area contributed by atoms with E-state index in [2.05, 4.69) is 22.0 Å². The second-order valence-corrected chi connectivity index (χ2v) is 5.97. The molecule has 0 aliphatic rings. The van der Waals surface area contributed by atoms with Crippen LogP contribution in [0.15, 0.2) is 34.1 Å². The van der Waals surface area contributed by atoms with E-state index >= 15 is 0 Å². The predicted molar refractivity (Wildman–Crippen MR) is 76.0 cm³/mol. The molecule has 0 N–H and O–H groups in total. The lowest BCUT2D eigenvalue weighted by molar-refractivity contribution is 0.0993. The number of rotatable bonds is 3. The maximum Gasteiger partial charge on any atom is 0.168 e. The average molecular weight is 309 g/mol. The first-order valence-corrected chi connectivity index (χ1v) is 7.07. The highest BCUT2D eigenvalue weighted by molar-refractivity contribution is 9.10. The molecule has 1 aromatic carbocycles. The maximum absolute atomic E-state index is 12.2. The molecule has 3 heteroatoms. The largest absolute Gasteiger partial charge is 0.294 e. The molecule has 88 valence electrons. The van der Waals surface area contributed by atoms with E-state index in [9.17, 15) is 4.79 Å². The Hall–Kier alpha value is -0.930. The third-order valence-corrected chi connectivity index (χ3v) is 4.62. The second-order valence-electron chi connectivity index (χ2n) is 4.11. The fourth-order valence-electron chi connectivity index (χ4n) is 1.82. The van der Waals surface area contributed by atoms with Crippen molar-refractivity contribution in [2.75, 3.05) is 0 Å². The minimum atomic E-state index is 0.186. The van der Waals surface area contributed by atoms with E-state index in [4.69, 9.17) is 0 Å². The molecule has 0 bridgehead atoms. The van der Waals surface area contributed by atoms with E-state index in [0.717, 1.165) is 20.5 Å². The van der Waals surface area contributed by atoms with Crippen molar-refractivity contribution in [1.29, 1.82) is 0 Å². The lowest BCUT2D eigenvalue weighted by Crippen LogP contribution is -2.05. The number of thiophene rings is 1. The number of hydrogen-bond acceptors (Lipinski definition) is 2. The number of benzene rings is 1. The van der Waals surface area contributed by atoms with Gasteiger partial charge in [-0.05, 0) is 46.8 Å². The molecule has 0 aliphatic carbocycles. The Bertz CT molecular complexity index is 557. The van der Waals surface area contributed by atoms with Crippen LogP contribution in [0.1, 0.15) is 26.4 Å². The van der Waals surface area contributed by atoms with Gasteiger partial charge in [-0.2, -0.15) is 0 Å². The summed E-state index contributed by atoms with van der Waals surface area (Å²) < 4.78 is 1.03. The molecule has 0 radical (unpaired) electrons. The van der Waals surface area contributed by atoms with E-state index in [0.29, 0.717) is 6.42 Å². The van der Waals surface area contributed by atoms with Crippen LogP contribution >= 0.6 is 27.3 Å². The summed E-state index contributed by atoms with van der Waals surface area (Å²) >= 11 is 5.07. The fraction of sp³-hybridized carbons (Fsp3) is 0.214. The minimum Gasteiger partial charge on any atom is -0.294 e. The second kappa shape index (κ2) is 5.15. The zero-order valence-electron chi connectivity index (χ0n) is 9.79. The summed E-state index contributed by atoms with van der Waals surface area (Å²) in [5, 5.41) is 1.99. The van der Waals surface area contributed by atoms with Gasteiger partial charge in [0.25, 0.3) is 0 Å². The fourth-order valence-corrected chi connectivity index (χ4v) is 3.31. The monoisotopic (exact) mass is 308 g/mol. The number of carbonyl (C=O) groups excluding carboxylic acids is 1. The molecule has 1 aromatic heterocycles. The summed E-state index contributed by atoms with van der Waals surface area (Å²) in [6, 6.07) is 7.95. The van der Waals surface area contributed by atoms with Crippen LogP contribution < -0.4 is 0 Å². The van der Waals surface area contributed by atoms with E-state index in [1.807, 2.05) is 37.4 Å². The van der Waals surface area contributed by atoms with Gasteiger partial charge >= 0.3 is 0 Å². The van der Waals surface area contributed by atoms with Crippen molar-refractivity contribution in [2.45, 2.75) is 20.3 Å². The van der Waals surface area contributed by atoms with Gasteiger partial charge in [0.2, 0.25) is 0 Å². The van der Waals surface area contributed by atoms with Crippen molar-refractivity contribution in [2.24, 2.45) is 0 Å². The smallest absolute Gasteiger partial charge is 0.168 e. The van der Waals surface area contributed by atoms with Crippen molar-refractivity contribution < 1.29 is 4.79 Å². The van der Waals surface area contributed by atoms with Gasteiger partial charge in [-0.3, -0.25) is 4.79 Å². The predicted octanol–water partition coefficient (Wildman–Crippen LogP) is 4.55. The summed E-state index contributed by atoms with van der Waals surface area (Å²) in [6.07, 6.45) is 0.474. The molecule has 0 saturated carbocycles. The van der Waals surface area contributed by atoms with Crippen LogP contribution in [0.2, 0.25) is 0 Å². The highest BCUT2D eigenvalue weighted by atomic mass is 79.9. The number of aryl methyl sites for hydroxylation is 2. The number of ketones is 1. The third-order valence-electron chi connectivity index (χ3n) is 2.69. The van der Waals surface area contributed by atoms with Gasteiger partial charge in [0.1, 0.15) is 0 Å². The summed E-state index contributed by atoms with van der Waals surface area (Å²) in [7, 11) is 0. The molecule has 0 aliphatic heterocycles. The van der Waals surface area contributed by atoms with Crippen molar-refractivity contribution in [3.05, 3.63) is 55.7 Å². The topological polar surface area (TPSA) is 17.1 Å². The Kier molecular flexibility index (Phi) is 3.79. The van der Waals surface area contributed by atoms with E-state index in [1.54, 1.807) is 11.3 Å². The summed E-state index contributed by atoms with van der Waals surface area (Å²) in [6.45, 7) is 4.03. The van der Waals surface area contributed by atoms with Gasteiger partial charge in [0.15, 0.2) is 5.78 Å². The molecule has 0 fully saturated rings. The Morgan fingerprint density at radius 2 is 2.06 bits per heavy atom. The van der Waals surface area contributed by atoms with Crippen LogP contribution in [-0.2, 0) is 6.42 Å². The first kappa shape index (κ1) is 12.5. The van der Waals surface area contributed by atoms with Gasteiger partial charge in [-0.1, -0.05) is 23.8 Å². The Balaban J connectivity index is 2.23. The quantitative estimate of drug-likeness (QED) is 0.760. The Labute approximate surface area is 114 Å². The lowest BCUT2D eigenvalue weighted by Gasteiger charge is -2.05. The van der Waals surface area contributed by atoms with E-state index in [-0.39, 0.29) is 5.78 Å². The zero-order chi connectivity index (χ0) is 12.4. The van der Waals surface area contributed by atoms with Crippen LogP contribution in [0.3, 0.4) is 0 Å². The van der Waals surface area contributed by atoms with Crippen molar-refractivity contribution in [3.63, 3.8) is 0 Å². The van der Waals surface area contributed by atoms with Crippen LogP contribution in [0.5, 0.6) is 0 Å². The standard InChI is InChI=1S/C14H13BrOS/c1-9-3-4-11(10(2)7-9)13(16)8-14-12(15)5-6-17-14/h3-7H,8H2,1-2H3. The van der Waals surface area contributed by atoms with Crippen LogP contribution in [-0.4, -0.2) is 5.78 Å². The molecule has 1 heterocycles. The summed E-state index contributed by atoms with van der Waals surface area (Å²) in [4.78, 5) is 13.3. The SMILES string of the molecule is Cc1ccc(C(=O)Cc2sccc2Br)c(C)c1. The average Bonchev–Trinajstić information content (AvgIpc) is 2.64. The minimum absolute atomic E-state index is 0.186. The summed E-state index contributed by atoms with van der Waals surface area (Å²) in [5.74, 6) is 0.186. The number of hydrogen-bond donors (Lipinski definition) is 0. The van der Waals surface area contributed by atoms with E-state index in [1.165, 1.54) is 5.56 Å². The lowest BCUT2D eigenvalue weighted by atomic mass is 10.0. The van der Waals surface area contributed by atoms with Gasteiger partial charge in [-0.15, -0.1) is 11.3 Å². The van der Waals surface area contributed by atoms with Crippen LogP contribution in [0, 0.1) is 13.8 Å². The highest BCUT2D eigenvalue weighted by Gasteiger charge is 2.12. The maximum atomic E-state index is 12.2. The zero-order valence-corrected chi connectivity index (χ0v) is 12.2. The number of halogens is 1. The van der Waals surface area contributed by atoms with Gasteiger partial charge in [0, 0.05) is 21.3 Å². The molecule has 2 rings (SSSR count). The normalized spacial score (nSPS) is 10.5. The van der Waals surface area contributed by atoms with Crippen molar-refractivity contribution in [1.82, 2.24) is 0 Å². The molecule has 2 aromatic rings. The van der Waals surface area contributed by atoms with Crippen molar-refractivity contribution >= 4 is 33.0 Å². The first-order valence-electron chi connectivity index (χ1n) is 5.40. The molecule has 17 heavy (non-hydrogen) atoms. The van der Waals surface area contributed by atoms with Crippen LogP contribution in [0.4, 0.5) is 0 Å². The first-order chi connectivity index (χ1) is 8.08. The number of Topliss-reactive ketones (excluding diaryl/α,β-unsaturated/α-hetero) is 1. The van der Waals surface area contributed by atoms with Gasteiger partial charge in [0.05, 0.1) is 0 Å². The molecule has 0 amide bonds. The molecule has 0 unspecified atom stereocenters. The summed E-state index contributed by atoms with van der Waals surface area (Å²) in [5.41, 5.74) is 3.08. The van der Waals surface area contributed by atoms with Crippen LogP contribution in [0.25, 0.3) is 0 Å². The van der Waals surface area contributed by atoms with Crippen molar-refractivity contribution in [3.8, 4) is 0 Å². The van der Waals surface area contributed by atoms with Gasteiger partial charge in [-0.25, -0.2) is 0 Å². The highest BCUT2D eigenvalue weighted by Crippen LogP contribution is 2.24. The molecule has 0 spiro atoms. The Morgan fingerprint density at radius 1 is 1.29 bits per heavy atom. The molecule has 0 saturated heterocycles. The van der Waals surface area contributed by atoms with E-state index < -0.39 is 0 Å². The number of carbonyl (C=O) groups is 1. The Morgan fingerprint density at radius 3 is 2.65 bits per heavy atom. The molecular formula is C14H13BrOS. The molecule has 0 atom stereocenters. The third kappa shape index (κ3) is 2.85. The molecule has 1 nitrogen and oxygen atoms in total. The van der Waals surface area contributed by atoms with Gasteiger partial charge < -0.3 is 0 Å².